The summed E-state index contributed by atoms with van der Waals surface area (Å²) in [6.45, 7) is 5.38. The molecule has 144 valence electrons. The number of nitrogens with zero attached hydrogens (tertiary/aromatic N) is 4. The van der Waals surface area contributed by atoms with E-state index in [9.17, 15) is 14.4 Å². The van der Waals surface area contributed by atoms with Gasteiger partial charge in [-0.1, -0.05) is 13.8 Å². The van der Waals surface area contributed by atoms with Gasteiger partial charge in [0, 0.05) is 24.2 Å². The minimum atomic E-state index is -0.576. The molecule has 0 saturated heterocycles. The Bertz CT molecular complexity index is 968. The molecule has 0 radical (unpaired) electrons. The number of rotatable bonds is 5. The van der Waals surface area contributed by atoms with Crippen molar-refractivity contribution < 1.29 is 4.79 Å². The van der Waals surface area contributed by atoms with Crippen molar-refractivity contribution in [3.05, 3.63) is 44.2 Å². The number of aromatic amines is 2. The minimum absolute atomic E-state index is 0.0513. The molecule has 2 aliphatic rings. The predicted octanol–water partition coefficient (Wildman–Crippen LogP) is 0.704. The van der Waals surface area contributed by atoms with Crippen molar-refractivity contribution >= 4 is 5.91 Å². The maximum absolute atomic E-state index is 13.0. The number of carbonyl (C=O) groups excluding carboxylic acids is 1. The lowest BCUT2D eigenvalue weighted by Crippen LogP contribution is -2.44. The van der Waals surface area contributed by atoms with Crippen LogP contribution in [-0.4, -0.2) is 42.1 Å². The average Bonchev–Trinajstić information content (AvgIpc) is 3.36. The van der Waals surface area contributed by atoms with Crippen molar-refractivity contribution in [2.75, 3.05) is 6.54 Å². The molecule has 9 nitrogen and oxygen atoms in total. The zero-order valence-electron chi connectivity index (χ0n) is 15.6. The average molecular weight is 372 g/mol. The summed E-state index contributed by atoms with van der Waals surface area (Å²) in [5.41, 5.74) is -0.843. The molecule has 1 saturated carbocycles. The van der Waals surface area contributed by atoms with Gasteiger partial charge < -0.3 is 9.88 Å². The Morgan fingerprint density at radius 1 is 1.30 bits per heavy atom. The Morgan fingerprint density at radius 3 is 2.74 bits per heavy atom. The summed E-state index contributed by atoms with van der Waals surface area (Å²) < 4.78 is 1.94. The molecule has 3 heterocycles. The standard InChI is InChI=1S/C18H24N6O3/c1-10(2)7-13-16-20-15(11-3-4-11)22-24(16)6-5-23(13)14(25)8-12-9-19-18(27)21-17(12)26/h9-11,13H,3-8H2,1-2H3,(H2,19,21,26,27)/t13-/m0/s1. The fourth-order valence-electron chi connectivity index (χ4n) is 3.61. The molecule has 0 unspecified atom stereocenters. The lowest BCUT2D eigenvalue weighted by Gasteiger charge is -2.36. The topological polar surface area (TPSA) is 117 Å². The molecule has 9 heteroatoms. The van der Waals surface area contributed by atoms with Gasteiger partial charge in [-0.05, 0) is 25.2 Å². The Morgan fingerprint density at radius 2 is 2.07 bits per heavy atom. The van der Waals surface area contributed by atoms with E-state index in [1.807, 2.05) is 9.58 Å². The minimum Gasteiger partial charge on any atom is -0.330 e. The van der Waals surface area contributed by atoms with E-state index in [1.165, 1.54) is 6.20 Å². The van der Waals surface area contributed by atoms with Crippen molar-refractivity contribution in [3.8, 4) is 0 Å². The Labute approximate surface area is 155 Å². The van der Waals surface area contributed by atoms with Crippen molar-refractivity contribution in [1.29, 1.82) is 0 Å². The lowest BCUT2D eigenvalue weighted by molar-refractivity contribution is -0.134. The second-order valence-electron chi connectivity index (χ2n) is 7.83. The number of amides is 1. The maximum Gasteiger partial charge on any atom is 0.325 e. The molecule has 4 rings (SSSR count). The second kappa shape index (κ2) is 6.79. The molecule has 1 aliphatic carbocycles. The molecule has 1 atom stereocenters. The van der Waals surface area contributed by atoms with Crippen LogP contribution in [0.3, 0.4) is 0 Å². The quantitative estimate of drug-likeness (QED) is 0.801. The molecule has 2 aromatic heterocycles. The number of aromatic nitrogens is 5. The smallest absolute Gasteiger partial charge is 0.325 e. The molecule has 2 aromatic rings. The first-order valence-corrected chi connectivity index (χ1v) is 9.47. The SMILES string of the molecule is CC(C)C[C@H]1c2nc(C3CC3)nn2CCN1C(=O)Cc1c[nH]c(=O)[nH]c1=O. The summed E-state index contributed by atoms with van der Waals surface area (Å²) in [4.78, 5) is 47.2. The first kappa shape index (κ1) is 17.7. The molecule has 0 bridgehead atoms. The van der Waals surface area contributed by atoms with Crippen molar-refractivity contribution in [1.82, 2.24) is 29.6 Å². The largest absolute Gasteiger partial charge is 0.330 e. The zero-order valence-corrected chi connectivity index (χ0v) is 15.6. The summed E-state index contributed by atoms with van der Waals surface area (Å²) in [7, 11) is 0. The number of hydrogen-bond acceptors (Lipinski definition) is 5. The van der Waals surface area contributed by atoms with Gasteiger partial charge in [0.25, 0.3) is 5.56 Å². The van der Waals surface area contributed by atoms with E-state index in [4.69, 9.17) is 4.98 Å². The summed E-state index contributed by atoms with van der Waals surface area (Å²) in [5, 5.41) is 4.64. The summed E-state index contributed by atoms with van der Waals surface area (Å²) in [5.74, 6) is 2.45. The van der Waals surface area contributed by atoms with Crippen LogP contribution in [0, 0.1) is 5.92 Å². The van der Waals surface area contributed by atoms with Gasteiger partial charge in [0.05, 0.1) is 19.0 Å². The first-order chi connectivity index (χ1) is 12.9. The summed E-state index contributed by atoms with van der Waals surface area (Å²) in [6, 6.07) is -0.145. The summed E-state index contributed by atoms with van der Waals surface area (Å²) in [6.07, 6.45) is 4.32. The van der Waals surface area contributed by atoms with Gasteiger partial charge in [-0.15, -0.1) is 0 Å². The van der Waals surface area contributed by atoms with Crippen LogP contribution in [0.15, 0.2) is 15.8 Å². The van der Waals surface area contributed by atoms with Crippen LogP contribution in [0.5, 0.6) is 0 Å². The highest BCUT2D eigenvalue weighted by Crippen LogP contribution is 2.40. The monoisotopic (exact) mass is 372 g/mol. The van der Waals surface area contributed by atoms with Crippen molar-refractivity contribution in [2.45, 2.75) is 58.0 Å². The molecule has 0 spiro atoms. The Kier molecular flexibility index (Phi) is 4.45. The molecular formula is C18H24N6O3. The summed E-state index contributed by atoms with van der Waals surface area (Å²) >= 11 is 0. The number of hydrogen-bond donors (Lipinski definition) is 2. The number of nitrogens with one attached hydrogen (secondary N) is 2. The zero-order chi connectivity index (χ0) is 19.1. The normalized spacial score (nSPS) is 19.4. The van der Waals surface area contributed by atoms with E-state index in [0.29, 0.717) is 24.9 Å². The molecule has 27 heavy (non-hydrogen) atoms. The van der Waals surface area contributed by atoms with Gasteiger partial charge in [0.2, 0.25) is 5.91 Å². The van der Waals surface area contributed by atoms with Crippen molar-refractivity contribution in [2.24, 2.45) is 5.92 Å². The van der Waals surface area contributed by atoms with Crippen LogP contribution in [0.2, 0.25) is 0 Å². The Hall–Kier alpha value is -2.71. The molecule has 1 aliphatic heterocycles. The van der Waals surface area contributed by atoms with Crippen molar-refractivity contribution in [3.63, 3.8) is 0 Å². The van der Waals surface area contributed by atoms with Crippen LogP contribution in [0.1, 0.15) is 62.3 Å². The van der Waals surface area contributed by atoms with Gasteiger partial charge in [-0.25, -0.2) is 14.5 Å². The van der Waals surface area contributed by atoms with Crippen LogP contribution < -0.4 is 11.2 Å². The predicted molar refractivity (Wildman–Crippen MR) is 97.3 cm³/mol. The lowest BCUT2D eigenvalue weighted by atomic mass is 9.99. The van der Waals surface area contributed by atoms with Crippen LogP contribution >= 0.6 is 0 Å². The van der Waals surface area contributed by atoms with Gasteiger partial charge in [-0.2, -0.15) is 5.10 Å². The number of H-pyrrole nitrogens is 2. The van der Waals surface area contributed by atoms with E-state index in [0.717, 1.165) is 30.9 Å². The highest BCUT2D eigenvalue weighted by atomic mass is 16.2. The number of carbonyl (C=O) groups is 1. The van der Waals surface area contributed by atoms with Crippen LogP contribution in [0.25, 0.3) is 0 Å². The highest BCUT2D eigenvalue weighted by molar-refractivity contribution is 5.79. The van der Waals surface area contributed by atoms with Gasteiger partial charge in [-0.3, -0.25) is 14.6 Å². The van der Waals surface area contributed by atoms with E-state index in [2.05, 4.69) is 28.9 Å². The van der Waals surface area contributed by atoms with Crippen LogP contribution in [0.4, 0.5) is 0 Å². The Balaban J connectivity index is 1.60. The van der Waals surface area contributed by atoms with Gasteiger partial charge in [0.15, 0.2) is 5.82 Å². The molecule has 0 aromatic carbocycles. The third kappa shape index (κ3) is 3.58. The first-order valence-electron chi connectivity index (χ1n) is 9.47. The number of fused-ring (bicyclic) bond motifs is 1. The van der Waals surface area contributed by atoms with Crippen LogP contribution in [-0.2, 0) is 17.8 Å². The van der Waals surface area contributed by atoms with E-state index in [-0.39, 0.29) is 23.9 Å². The molecule has 1 amide bonds. The van der Waals surface area contributed by atoms with E-state index < -0.39 is 11.2 Å². The van der Waals surface area contributed by atoms with Gasteiger partial charge in [0.1, 0.15) is 5.82 Å². The fourth-order valence-corrected chi connectivity index (χ4v) is 3.61. The molecular weight excluding hydrogens is 348 g/mol. The third-order valence-corrected chi connectivity index (χ3v) is 5.14. The maximum atomic E-state index is 13.0. The fraction of sp³-hybridized carbons (Fsp3) is 0.611. The molecule has 1 fully saturated rings. The molecule has 2 N–H and O–H groups in total. The van der Waals surface area contributed by atoms with Gasteiger partial charge >= 0.3 is 5.69 Å². The van der Waals surface area contributed by atoms with E-state index >= 15 is 0 Å². The highest BCUT2D eigenvalue weighted by Gasteiger charge is 2.37. The third-order valence-electron chi connectivity index (χ3n) is 5.14. The second-order valence-corrected chi connectivity index (χ2v) is 7.83. The van der Waals surface area contributed by atoms with E-state index in [1.54, 1.807) is 0 Å².